The summed E-state index contributed by atoms with van der Waals surface area (Å²) in [6.07, 6.45) is 5.33. The van der Waals surface area contributed by atoms with Crippen LogP contribution in [0, 0.1) is 0 Å². The maximum Gasteiger partial charge on any atom is 0.253 e. The first kappa shape index (κ1) is 25.0. The van der Waals surface area contributed by atoms with Crippen molar-refractivity contribution in [2.24, 2.45) is 0 Å². The maximum atomic E-state index is 12.8. The predicted octanol–water partition coefficient (Wildman–Crippen LogP) is 5.65. The lowest BCUT2D eigenvalue weighted by Gasteiger charge is -2.12. The van der Waals surface area contributed by atoms with Crippen molar-refractivity contribution >= 4 is 51.6 Å². The number of hydrogen-bond acceptors (Lipinski definition) is 4. The summed E-state index contributed by atoms with van der Waals surface area (Å²) in [6, 6.07) is 15.7. The van der Waals surface area contributed by atoms with E-state index in [2.05, 4.69) is 20.5 Å². The molecular weight excluding hydrogens is 533 g/mol. The summed E-state index contributed by atoms with van der Waals surface area (Å²) in [5, 5.41) is 12.5. The Hall–Kier alpha value is -3.65. The largest absolute Gasteiger partial charge is 0.346 e. The Labute approximate surface area is 227 Å². The zero-order valence-electron chi connectivity index (χ0n) is 19.3. The Bertz CT molecular complexity index is 1680. The number of benzene rings is 2. The molecular formula is C27H20Cl3N5O2. The van der Waals surface area contributed by atoms with Crippen LogP contribution in [0.15, 0.2) is 78.0 Å². The topological polar surface area (TPSA) is 92.7 Å². The number of amides is 1. The summed E-state index contributed by atoms with van der Waals surface area (Å²) in [6.45, 7) is 0.570. The van der Waals surface area contributed by atoms with Crippen molar-refractivity contribution < 1.29 is 4.79 Å². The van der Waals surface area contributed by atoms with Gasteiger partial charge in [0.25, 0.3) is 11.5 Å². The van der Waals surface area contributed by atoms with Crippen molar-refractivity contribution in [3.05, 3.63) is 127 Å². The summed E-state index contributed by atoms with van der Waals surface area (Å²) in [4.78, 5) is 29.1. The number of hydrogen-bond donors (Lipinski definition) is 2. The molecule has 5 rings (SSSR count). The molecule has 0 saturated heterocycles. The number of fused-ring (bicyclic) bond motifs is 1. The molecule has 0 saturated carbocycles. The van der Waals surface area contributed by atoms with Crippen LogP contribution in [0.4, 0.5) is 0 Å². The highest BCUT2D eigenvalue weighted by atomic mass is 35.5. The molecule has 0 aliphatic rings. The van der Waals surface area contributed by atoms with E-state index in [1.807, 2.05) is 12.1 Å². The van der Waals surface area contributed by atoms with Gasteiger partial charge in [0.2, 0.25) is 0 Å². The molecule has 5 aromatic rings. The third kappa shape index (κ3) is 5.69. The van der Waals surface area contributed by atoms with Crippen LogP contribution in [0.1, 0.15) is 32.7 Å². The lowest BCUT2D eigenvalue weighted by molar-refractivity contribution is 0.0950. The van der Waals surface area contributed by atoms with Crippen molar-refractivity contribution in [2.75, 3.05) is 0 Å². The van der Waals surface area contributed by atoms with Crippen LogP contribution in [-0.2, 0) is 19.5 Å². The zero-order chi connectivity index (χ0) is 25.9. The molecule has 37 heavy (non-hydrogen) atoms. The quantitative estimate of drug-likeness (QED) is 0.273. The van der Waals surface area contributed by atoms with Gasteiger partial charge in [-0.25, -0.2) is 0 Å². The van der Waals surface area contributed by atoms with Crippen LogP contribution in [0.3, 0.4) is 0 Å². The number of nitrogens with one attached hydrogen (secondary N) is 2. The second-order valence-corrected chi connectivity index (χ2v) is 9.76. The molecule has 0 radical (unpaired) electrons. The lowest BCUT2D eigenvalue weighted by atomic mass is 10.0. The van der Waals surface area contributed by atoms with Crippen molar-refractivity contribution in [2.45, 2.75) is 19.5 Å². The van der Waals surface area contributed by atoms with Crippen LogP contribution in [0.5, 0.6) is 0 Å². The number of aromatic nitrogens is 4. The van der Waals surface area contributed by atoms with Crippen LogP contribution in [0.2, 0.25) is 15.1 Å². The molecule has 186 valence electrons. The molecule has 0 spiro atoms. The molecule has 0 unspecified atom stereocenters. The molecule has 2 N–H and O–H groups in total. The van der Waals surface area contributed by atoms with E-state index in [-0.39, 0.29) is 18.0 Å². The van der Waals surface area contributed by atoms with E-state index in [0.29, 0.717) is 33.6 Å². The van der Waals surface area contributed by atoms with Gasteiger partial charge in [-0.2, -0.15) is 5.10 Å². The first-order valence-electron chi connectivity index (χ1n) is 11.3. The van der Waals surface area contributed by atoms with E-state index in [1.54, 1.807) is 53.4 Å². The monoisotopic (exact) mass is 551 g/mol. The van der Waals surface area contributed by atoms with E-state index < -0.39 is 0 Å². The van der Waals surface area contributed by atoms with Gasteiger partial charge in [-0.3, -0.25) is 19.7 Å². The molecule has 0 aliphatic carbocycles. The molecule has 0 fully saturated rings. The van der Waals surface area contributed by atoms with Gasteiger partial charge >= 0.3 is 0 Å². The van der Waals surface area contributed by atoms with Gasteiger partial charge in [0.15, 0.2) is 0 Å². The highest BCUT2D eigenvalue weighted by Gasteiger charge is 2.13. The number of halogens is 3. The van der Waals surface area contributed by atoms with Crippen molar-refractivity contribution in [1.82, 2.24) is 25.1 Å². The highest BCUT2D eigenvalue weighted by molar-refractivity contribution is 6.34. The molecule has 7 nitrogen and oxygen atoms in total. The summed E-state index contributed by atoms with van der Waals surface area (Å²) < 4.78 is 1.56. The average Bonchev–Trinajstić information content (AvgIpc) is 3.29. The first-order valence-corrected chi connectivity index (χ1v) is 12.5. The van der Waals surface area contributed by atoms with Gasteiger partial charge in [-0.1, -0.05) is 40.9 Å². The number of nitrogens with zero attached hydrogens (tertiary/aromatic N) is 3. The van der Waals surface area contributed by atoms with Gasteiger partial charge in [0.1, 0.15) is 0 Å². The summed E-state index contributed by atoms with van der Waals surface area (Å²) in [5.74, 6) is -0.271. The summed E-state index contributed by atoms with van der Waals surface area (Å²) >= 11 is 19.2. The Balaban J connectivity index is 1.29. The van der Waals surface area contributed by atoms with Gasteiger partial charge < -0.3 is 9.88 Å². The van der Waals surface area contributed by atoms with E-state index >= 15 is 0 Å². The van der Waals surface area contributed by atoms with E-state index in [1.165, 1.54) is 12.3 Å². The molecule has 3 heterocycles. The van der Waals surface area contributed by atoms with Crippen molar-refractivity contribution in [3.8, 4) is 0 Å². The van der Waals surface area contributed by atoms with Crippen LogP contribution < -0.4 is 10.9 Å². The third-order valence-corrected chi connectivity index (χ3v) is 6.87. The Morgan fingerprint density at radius 2 is 1.78 bits per heavy atom. The Morgan fingerprint density at radius 1 is 0.973 bits per heavy atom. The fourth-order valence-corrected chi connectivity index (χ4v) is 4.70. The Kier molecular flexibility index (Phi) is 7.28. The third-order valence-electron chi connectivity index (χ3n) is 5.93. The standard InChI is InChI=1S/C27H20Cl3N5O2/c28-20-4-5-24-21(11-20)25(34-33-24)14-32-27(37)18-8-16(12-31-13-18)7-17-9-23(30)19(10-22(17)29)15-35-6-2-1-3-26(35)36/h1-6,8-13H,7,14-15H2,(H,32,37)(H,33,34). The predicted molar refractivity (Wildman–Crippen MR) is 146 cm³/mol. The second-order valence-electron chi connectivity index (χ2n) is 8.51. The van der Waals surface area contributed by atoms with Crippen molar-refractivity contribution in [3.63, 3.8) is 0 Å². The molecule has 0 bridgehead atoms. The fourth-order valence-electron chi connectivity index (χ4n) is 4.03. The van der Waals surface area contributed by atoms with Gasteiger partial charge in [0.05, 0.1) is 29.9 Å². The van der Waals surface area contributed by atoms with Crippen LogP contribution in [0.25, 0.3) is 10.9 Å². The minimum atomic E-state index is -0.271. The van der Waals surface area contributed by atoms with Crippen molar-refractivity contribution in [1.29, 1.82) is 0 Å². The molecule has 0 atom stereocenters. The Morgan fingerprint density at radius 3 is 2.62 bits per heavy atom. The lowest BCUT2D eigenvalue weighted by Crippen LogP contribution is -2.23. The molecule has 2 aromatic carbocycles. The molecule has 1 amide bonds. The zero-order valence-corrected chi connectivity index (χ0v) is 21.6. The van der Waals surface area contributed by atoms with Gasteiger partial charge in [0, 0.05) is 51.5 Å². The number of H-pyrrole nitrogens is 1. The first-order chi connectivity index (χ1) is 17.9. The normalized spacial score (nSPS) is 11.1. The highest BCUT2D eigenvalue weighted by Crippen LogP contribution is 2.28. The second kappa shape index (κ2) is 10.8. The molecule has 0 aliphatic heterocycles. The summed E-state index contributed by atoms with van der Waals surface area (Å²) in [7, 11) is 0. The van der Waals surface area contributed by atoms with E-state index in [9.17, 15) is 9.59 Å². The number of pyridine rings is 2. The minimum absolute atomic E-state index is 0.121. The summed E-state index contributed by atoms with van der Waals surface area (Å²) in [5.41, 5.74) is 4.16. The SMILES string of the molecule is O=C(NCc1[nH]nc2ccc(Cl)cc12)c1cncc(Cc2cc(Cl)c(Cn3ccccc3=O)cc2Cl)c1. The number of aromatic amines is 1. The van der Waals surface area contributed by atoms with Gasteiger partial charge in [-0.15, -0.1) is 0 Å². The molecule has 10 heteroatoms. The molecule has 3 aromatic heterocycles. The van der Waals surface area contributed by atoms with Gasteiger partial charge in [-0.05, 0) is 59.2 Å². The smallest absolute Gasteiger partial charge is 0.253 e. The van der Waals surface area contributed by atoms with E-state index in [4.69, 9.17) is 34.8 Å². The minimum Gasteiger partial charge on any atom is -0.346 e. The van der Waals surface area contributed by atoms with E-state index in [0.717, 1.165) is 33.3 Å². The number of carbonyl (C=O) groups excluding carboxylic acids is 1. The number of carbonyl (C=O) groups is 1. The van der Waals surface area contributed by atoms with Crippen LogP contribution in [-0.4, -0.2) is 25.7 Å². The number of rotatable bonds is 7. The fraction of sp³-hybridized carbons (Fsp3) is 0.111. The maximum absolute atomic E-state index is 12.8. The van der Waals surface area contributed by atoms with Crippen LogP contribution >= 0.6 is 34.8 Å². The average molecular weight is 553 g/mol.